The first-order valence-corrected chi connectivity index (χ1v) is 5.95. The van der Waals surface area contributed by atoms with Gasteiger partial charge in [-0.05, 0) is 12.3 Å². The maximum atomic E-state index is 12.1. The van der Waals surface area contributed by atoms with Crippen molar-refractivity contribution < 1.29 is 27.9 Å². The maximum Gasteiger partial charge on any atom is 0.390 e. The van der Waals surface area contributed by atoms with Crippen LogP contribution in [0.1, 0.15) is 19.8 Å². The Labute approximate surface area is 109 Å². The van der Waals surface area contributed by atoms with E-state index in [1.165, 1.54) is 7.05 Å². The van der Waals surface area contributed by atoms with Gasteiger partial charge >= 0.3 is 18.2 Å². The number of hydrogen-bond acceptors (Lipinski definition) is 2. The Bertz CT molecular complexity index is 360. The van der Waals surface area contributed by atoms with Gasteiger partial charge < -0.3 is 14.9 Å². The molecule has 0 aliphatic carbocycles. The number of halogens is 3. The molecule has 2 unspecified atom stereocenters. The van der Waals surface area contributed by atoms with Gasteiger partial charge in [-0.1, -0.05) is 6.92 Å². The van der Waals surface area contributed by atoms with E-state index in [9.17, 15) is 22.8 Å². The fraction of sp³-hybridized carbons (Fsp3) is 0.818. The average Bonchev–Trinajstić information content (AvgIpc) is 2.66. The fourth-order valence-electron chi connectivity index (χ4n) is 2.15. The zero-order valence-electron chi connectivity index (χ0n) is 10.8. The van der Waals surface area contributed by atoms with Gasteiger partial charge in [-0.2, -0.15) is 13.2 Å². The van der Waals surface area contributed by atoms with Crippen molar-refractivity contribution in [1.29, 1.82) is 0 Å². The molecule has 1 fully saturated rings. The van der Waals surface area contributed by atoms with Crippen LogP contribution in [0.25, 0.3) is 0 Å². The highest BCUT2D eigenvalue weighted by molar-refractivity contribution is 5.83. The summed E-state index contributed by atoms with van der Waals surface area (Å²) in [5.41, 5.74) is 0. The molecule has 1 heterocycles. The number of hydrogen-bond donors (Lipinski definition) is 1. The Balaban J connectivity index is 2.64. The largest absolute Gasteiger partial charge is 0.480 e. The molecule has 110 valence electrons. The van der Waals surface area contributed by atoms with Gasteiger partial charge in [0, 0.05) is 20.1 Å². The lowest BCUT2D eigenvalue weighted by Crippen LogP contribution is -2.48. The lowest BCUT2D eigenvalue weighted by molar-refractivity contribution is -0.143. The van der Waals surface area contributed by atoms with Crippen LogP contribution in [-0.2, 0) is 4.79 Å². The minimum absolute atomic E-state index is 0.197. The summed E-state index contributed by atoms with van der Waals surface area (Å²) < 4.78 is 36.2. The second-order valence-corrected chi connectivity index (χ2v) is 4.81. The van der Waals surface area contributed by atoms with Crippen LogP contribution in [0.2, 0.25) is 0 Å². The predicted octanol–water partition coefficient (Wildman–Crippen LogP) is 1.79. The van der Waals surface area contributed by atoms with Gasteiger partial charge in [0.05, 0.1) is 6.42 Å². The molecule has 1 saturated heterocycles. The molecule has 2 atom stereocenters. The smallest absolute Gasteiger partial charge is 0.390 e. The van der Waals surface area contributed by atoms with Crippen LogP contribution in [0, 0.1) is 5.92 Å². The molecule has 0 aromatic heterocycles. The molecule has 2 amide bonds. The van der Waals surface area contributed by atoms with Gasteiger partial charge in [-0.25, -0.2) is 9.59 Å². The third-order valence-corrected chi connectivity index (χ3v) is 3.26. The lowest BCUT2D eigenvalue weighted by atomic mass is 10.0. The van der Waals surface area contributed by atoms with Crippen LogP contribution in [0.15, 0.2) is 0 Å². The first-order valence-electron chi connectivity index (χ1n) is 5.95. The number of aliphatic carboxylic acids is 1. The van der Waals surface area contributed by atoms with Crippen LogP contribution in [-0.4, -0.2) is 59.3 Å². The lowest BCUT2D eigenvalue weighted by Gasteiger charge is -2.28. The van der Waals surface area contributed by atoms with Crippen molar-refractivity contribution in [1.82, 2.24) is 9.80 Å². The summed E-state index contributed by atoms with van der Waals surface area (Å²) in [7, 11) is 1.25. The van der Waals surface area contributed by atoms with Gasteiger partial charge in [0.25, 0.3) is 0 Å². The highest BCUT2D eigenvalue weighted by Crippen LogP contribution is 2.26. The van der Waals surface area contributed by atoms with Crippen molar-refractivity contribution in [2.45, 2.75) is 32.0 Å². The standard InChI is InChI=1S/C11H17F3N2O3/c1-7-3-5-16(8(7)9(17)18)10(19)15(2)6-4-11(12,13)14/h7-8H,3-6H2,1-2H3,(H,17,18). The molecular weight excluding hydrogens is 265 g/mol. The molecule has 5 nitrogen and oxygen atoms in total. The number of alkyl halides is 3. The van der Waals surface area contributed by atoms with E-state index < -0.39 is 37.2 Å². The molecule has 0 radical (unpaired) electrons. The van der Waals surface area contributed by atoms with E-state index >= 15 is 0 Å². The van der Waals surface area contributed by atoms with Crippen LogP contribution < -0.4 is 0 Å². The van der Waals surface area contributed by atoms with Crippen molar-refractivity contribution in [3.63, 3.8) is 0 Å². The van der Waals surface area contributed by atoms with E-state index in [2.05, 4.69) is 0 Å². The topological polar surface area (TPSA) is 60.9 Å². The Morgan fingerprint density at radius 3 is 2.47 bits per heavy atom. The number of carbonyl (C=O) groups excluding carboxylic acids is 1. The molecule has 1 rings (SSSR count). The third-order valence-electron chi connectivity index (χ3n) is 3.26. The van der Waals surface area contributed by atoms with Crippen molar-refractivity contribution >= 4 is 12.0 Å². The van der Waals surface area contributed by atoms with Gasteiger partial charge in [0.1, 0.15) is 6.04 Å². The summed E-state index contributed by atoms with van der Waals surface area (Å²) in [5.74, 6) is -1.32. The zero-order valence-corrected chi connectivity index (χ0v) is 10.8. The van der Waals surface area contributed by atoms with Crippen LogP contribution in [0.5, 0.6) is 0 Å². The first kappa shape index (κ1) is 15.6. The summed E-state index contributed by atoms with van der Waals surface area (Å²) in [6.07, 6.45) is -4.90. The summed E-state index contributed by atoms with van der Waals surface area (Å²) >= 11 is 0. The van der Waals surface area contributed by atoms with E-state index in [1.54, 1.807) is 6.92 Å². The molecule has 0 aromatic carbocycles. The molecule has 0 saturated carbocycles. The second kappa shape index (κ2) is 5.66. The van der Waals surface area contributed by atoms with E-state index in [-0.39, 0.29) is 12.5 Å². The molecule has 8 heteroatoms. The molecule has 0 bridgehead atoms. The minimum Gasteiger partial charge on any atom is -0.480 e. The number of carboxylic acids is 1. The SMILES string of the molecule is CC1CCN(C(=O)N(C)CCC(F)(F)F)C1C(=O)O. The average molecular weight is 282 g/mol. The Kier molecular flexibility index (Phi) is 4.65. The van der Waals surface area contributed by atoms with Gasteiger partial charge in [-0.15, -0.1) is 0 Å². The highest BCUT2D eigenvalue weighted by atomic mass is 19.4. The number of urea groups is 1. The maximum absolute atomic E-state index is 12.1. The molecule has 1 N–H and O–H groups in total. The quantitative estimate of drug-likeness (QED) is 0.858. The van der Waals surface area contributed by atoms with Gasteiger partial charge in [0.2, 0.25) is 0 Å². The molecule has 1 aliphatic heterocycles. The second-order valence-electron chi connectivity index (χ2n) is 4.81. The van der Waals surface area contributed by atoms with E-state index in [0.717, 1.165) is 9.80 Å². The van der Waals surface area contributed by atoms with Crippen molar-refractivity contribution in [3.05, 3.63) is 0 Å². The summed E-state index contributed by atoms with van der Waals surface area (Å²) in [6.45, 7) is 1.49. The highest BCUT2D eigenvalue weighted by Gasteiger charge is 2.41. The van der Waals surface area contributed by atoms with Crippen molar-refractivity contribution in [2.24, 2.45) is 5.92 Å². The Morgan fingerprint density at radius 2 is 2.00 bits per heavy atom. The molecular formula is C11H17F3N2O3. The van der Waals surface area contributed by atoms with Crippen LogP contribution in [0.3, 0.4) is 0 Å². The Morgan fingerprint density at radius 1 is 1.42 bits per heavy atom. The third kappa shape index (κ3) is 4.00. The Hall–Kier alpha value is -1.47. The summed E-state index contributed by atoms with van der Waals surface area (Å²) in [5, 5.41) is 9.05. The summed E-state index contributed by atoms with van der Waals surface area (Å²) in [4.78, 5) is 25.1. The number of carboxylic acid groups (broad SMARTS) is 1. The number of amides is 2. The van der Waals surface area contributed by atoms with E-state index in [1.807, 2.05) is 0 Å². The summed E-state index contributed by atoms with van der Waals surface area (Å²) in [6, 6.07) is -1.62. The molecule has 0 aromatic rings. The van der Waals surface area contributed by atoms with Crippen LogP contribution in [0.4, 0.5) is 18.0 Å². The number of likely N-dealkylation sites (tertiary alicyclic amines) is 1. The molecule has 0 spiro atoms. The fourth-order valence-corrected chi connectivity index (χ4v) is 2.15. The monoisotopic (exact) mass is 282 g/mol. The van der Waals surface area contributed by atoms with E-state index in [0.29, 0.717) is 6.42 Å². The normalized spacial score (nSPS) is 23.5. The van der Waals surface area contributed by atoms with Crippen LogP contribution >= 0.6 is 0 Å². The molecule has 19 heavy (non-hydrogen) atoms. The van der Waals surface area contributed by atoms with Crippen molar-refractivity contribution in [3.8, 4) is 0 Å². The van der Waals surface area contributed by atoms with Gasteiger partial charge in [-0.3, -0.25) is 0 Å². The van der Waals surface area contributed by atoms with Crippen molar-refractivity contribution in [2.75, 3.05) is 20.1 Å². The minimum atomic E-state index is -4.33. The zero-order chi connectivity index (χ0) is 14.8. The van der Waals surface area contributed by atoms with E-state index in [4.69, 9.17) is 5.11 Å². The number of carbonyl (C=O) groups is 2. The number of rotatable bonds is 3. The number of nitrogens with zero attached hydrogens (tertiary/aromatic N) is 2. The molecule has 1 aliphatic rings. The van der Waals surface area contributed by atoms with Gasteiger partial charge in [0.15, 0.2) is 0 Å². The first-order chi connectivity index (χ1) is 8.63. The predicted molar refractivity (Wildman–Crippen MR) is 60.6 cm³/mol.